The van der Waals surface area contributed by atoms with Crippen LogP contribution in [0.4, 0.5) is 0 Å². The smallest absolute Gasteiger partial charge is 0.154 e. The van der Waals surface area contributed by atoms with Crippen molar-refractivity contribution in [3.63, 3.8) is 0 Å². The molecule has 0 aliphatic heterocycles. The zero-order chi connectivity index (χ0) is 42.4. The summed E-state index contributed by atoms with van der Waals surface area (Å²) in [6.07, 6.45) is 10.1. The van der Waals surface area contributed by atoms with Gasteiger partial charge in [0.2, 0.25) is 0 Å². The second-order valence-corrected chi connectivity index (χ2v) is 9.92. The Morgan fingerprint density at radius 3 is 0.919 bits per heavy atom. The van der Waals surface area contributed by atoms with Crippen molar-refractivity contribution in [2.75, 3.05) is 166 Å². The number of ether oxygens (including phenoxy) is 12. The summed E-state index contributed by atoms with van der Waals surface area (Å²) in [5.41, 5.74) is 0. The number of unbranched alkanes of at least 4 members (excludes halogenated alkanes) is 3. The van der Waals surface area contributed by atoms with Gasteiger partial charge in [0.25, 0.3) is 0 Å². The van der Waals surface area contributed by atoms with Gasteiger partial charge in [-0.1, -0.05) is 127 Å². The normalized spacial score (nSPS) is 7.71. The van der Waals surface area contributed by atoms with Gasteiger partial charge in [-0.2, -0.15) is 0 Å². The van der Waals surface area contributed by atoms with Crippen LogP contribution in [-0.2, 0) is 56.8 Å². The molecule has 0 aromatic heterocycles. The fourth-order valence-corrected chi connectivity index (χ4v) is 1.87. The maximum Gasteiger partial charge on any atom is 0.154 e. The minimum Gasteiger partial charge on any atom is -0.505 e. The maximum atomic E-state index is 4.81. The highest BCUT2D eigenvalue weighted by molar-refractivity contribution is 4.63. The molecule has 0 saturated heterocycles. The van der Waals surface area contributed by atoms with E-state index in [4.69, 9.17) is 18.9 Å². The van der Waals surface area contributed by atoms with Crippen LogP contribution >= 0.6 is 0 Å². The van der Waals surface area contributed by atoms with Crippen molar-refractivity contribution in [1.82, 2.24) is 10.2 Å². The molecule has 1 N–H and O–H groups in total. The molecule has 0 saturated carbocycles. The van der Waals surface area contributed by atoms with Crippen LogP contribution in [-0.4, -0.2) is 177 Å². The van der Waals surface area contributed by atoms with Gasteiger partial charge < -0.3 is 67.1 Å². The van der Waals surface area contributed by atoms with E-state index in [1.165, 1.54) is 25.7 Å². The summed E-state index contributed by atoms with van der Waals surface area (Å²) in [5.74, 6) is 0. The van der Waals surface area contributed by atoms with Crippen molar-refractivity contribution in [3.05, 3.63) is 12.3 Å². The number of likely N-dealkylation sites (N-methyl/N-ethyl adjacent to an activating group) is 2. The summed E-state index contributed by atoms with van der Waals surface area (Å²) < 4.78 is 55.7. The van der Waals surface area contributed by atoms with E-state index in [0.29, 0.717) is 26.8 Å². The first-order valence-corrected chi connectivity index (χ1v) is 18.0. The number of methoxy groups -OCH3 is 11. The highest BCUT2D eigenvalue weighted by Gasteiger charge is 1.88. The fraction of sp³-hybridized carbons (Fsp3) is 0.958. The molecule has 408 valence electrons. The third-order valence-electron chi connectivity index (χ3n) is 4.73. The molecular weight excluding hydrogens is 797 g/mol. The lowest BCUT2D eigenvalue weighted by Gasteiger charge is -2.06. The predicted molar refractivity (Wildman–Crippen MR) is 287 cm³/mol. The van der Waals surface area contributed by atoms with Crippen LogP contribution in [0.2, 0.25) is 0 Å². The summed E-state index contributed by atoms with van der Waals surface area (Å²) in [6, 6.07) is 0. The molecule has 0 atom stereocenters. The molecule has 0 unspecified atom stereocenters. The van der Waals surface area contributed by atoms with Crippen LogP contribution < -0.4 is 5.32 Å². The lowest BCUT2D eigenvalue weighted by atomic mass is 10.2. The molecule has 0 aliphatic carbocycles. The van der Waals surface area contributed by atoms with E-state index >= 15 is 0 Å². The lowest BCUT2D eigenvalue weighted by Crippen LogP contribution is -2.16. The van der Waals surface area contributed by atoms with Gasteiger partial charge in [-0.25, -0.2) is 0 Å². The number of allylic oxidation sites excluding steroid dienone is 1. The first-order chi connectivity index (χ1) is 25.0. The van der Waals surface area contributed by atoms with Gasteiger partial charge in [0, 0.05) is 97.4 Å². The van der Waals surface area contributed by atoms with Crippen molar-refractivity contribution in [2.45, 2.75) is 154 Å². The van der Waals surface area contributed by atoms with Gasteiger partial charge in [0.15, 0.2) is 6.29 Å². The number of hydrogen-bond donors (Lipinski definition) is 1. The quantitative estimate of drug-likeness (QED) is 0.0628. The Bertz CT molecular complexity index is 400. The molecule has 14 nitrogen and oxygen atoms in total. The molecule has 0 spiro atoms. The van der Waals surface area contributed by atoms with Gasteiger partial charge in [0.1, 0.15) is 13.6 Å². The average molecular weight is 932 g/mol. The van der Waals surface area contributed by atoms with Crippen LogP contribution in [0, 0.1) is 0 Å². The van der Waals surface area contributed by atoms with E-state index in [2.05, 4.69) is 68.9 Å². The number of rotatable bonds is 22. The SMILES string of the molecule is C.C.C.C.C.C.C.C.C.C.C/C=C\OC.CCCCCC.CCCOC.CCOCOC.CNCCOC.COC(C)OC.COCCN(C)C.COCCOC.COCOC. The van der Waals surface area contributed by atoms with Crippen molar-refractivity contribution < 1.29 is 56.8 Å². The van der Waals surface area contributed by atoms with Gasteiger partial charge in [-0.15, -0.1) is 0 Å². The summed E-state index contributed by atoms with van der Waals surface area (Å²) in [4.78, 5) is 2.09. The Kier molecular flexibility index (Phi) is 342. The molecule has 0 radical (unpaired) electrons. The summed E-state index contributed by atoms with van der Waals surface area (Å²) in [5, 5.41) is 2.94. The largest absolute Gasteiger partial charge is 0.505 e. The van der Waals surface area contributed by atoms with Crippen molar-refractivity contribution in [3.8, 4) is 0 Å². The Balaban J connectivity index is -0.0000000194. The van der Waals surface area contributed by atoms with Crippen molar-refractivity contribution in [2.24, 2.45) is 0 Å². The Morgan fingerprint density at radius 1 is 0.484 bits per heavy atom. The van der Waals surface area contributed by atoms with E-state index < -0.39 is 0 Å². The van der Waals surface area contributed by atoms with Crippen LogP contribution in [0.25, 0.3) is 0 Å². The van der Waals surface area contributed by atoms with Crippen molar-refractivity contribution in [1.29, 1.82) is 0 Å². The second kappa shape index (κ2) is 170. The summed E-state index contributed by atoms with van der Waals surface area (Å²) in [6.45, 7) is 19.6. The van der Waals surface area contributed by atoms with E-state index in [-0.39, 0.29) is 80.6 Å². The topological polar surface area (TPSA) is 126 Å². The van der Waals surface area contributed by atoms with E-state index in [0.717, 1.165) is 45.9 Å². The summed E-state index contributed by atoms with van der Waals surface area (Å²) >= 11 is 0. The molecule has 14 heteroatoms. The monoisotopic (exact) mass is 931 g/mol. The van der Waals surface area contributed by atoms with Crippen LogP contribution in [0.1, 0.15) is 148 Å². The van der Waals surface area contributed by atoms with Crippen LogP contribution in [0.15, 0.2) is 12.3 Å². The molecule has 0 aromatic rings. The van der Waals surface area contributed by atoms with Gasteiger partial charge >= 0.3 is 0 Å². The minimum absolute atomic E-state index is 0. The third-order valence-corrected chi connectivity index (χ3v) is 4.73. The first-order valence-electron chi connectivity index (χ1n) is 18.0. The maximum absolute atomic E-state index is 4.81. The summed E-state index contributed by atoms with van der Waals surface area (Å²) in [7, 11) is 24.0. The van der Waals surface area contributed by atoms with Crippen molar-refractivity contribution >= 4 is 0 Å². The second-order valence-electron chi connectivity index (χ2n) is 9.92. The minimum atomic E-state index is -0.0648. The molecule has 0 aromatic carbocycles. The molecule has 0 amide bonds. The fourth-order valence-electron chi connectivity index (χ4n) is 1.87. The highest BCUT2D eigenvalue weighted by Crippen LogP contribution is 1.95. The molecule has 62 heavy (non-hydrogen) atoms. The van der Waals surface area contributed by atoms with Gasteiger partial charge in [-0.05, 0) is 48.3 Å². The Hall–Kier alpha value is -0.980. The third kappa shape index (κ3) is 317. The average Bonchev–Trinajstić information content (AvgIpc) is 3.16. The Morgan fingerprint density at radius 2 is 0.839 bits per heavy atom. The number of nitrogens with one attached hydrogen (secondary N) is 1. The number of hydrogen-bond acceptors (Lipinski definition) is 14. The van der Waals surface area contributed by atoms with Crippen LogP contribution in [0.5, 0.6) is 0 Å². The zero-order valence-corrected chi connectivity index (χ0v) is 38.2. The van der Waals surface area contributed by atoms with E-state index in [1.807, 2.05) is 48.0 Å². The first kappa shape index (κ1) is 124. The molecule has 0 rings (SSSR count). The van der Waals surface area contributed by atoms with E-state index in [1.54, 1.807) is 84.5 Å². The van der Waals surface area contributed by atoms with Gasteiger partial charge in [0.05, 0.1) is 39.8 Å². The predicted octanol–water partition coefficient (Wildman–Crippen LogP) is 13.0. The molecule has 0 heterocycles. The standard InChI is InChI=1S/C6H14.C5H13NO.C4H11NO.3C4H10O2.C4H10O.C4H8O.C3H8O2.10CH4/c1-3-5-6-4-2;1-6(2)4-5-7-3;2*1-5-3-4-6-2;1-4(5-2)6-3;1-3-6-4-5-2;2*1-3-4-5-2;1-4-3-5-2;;;;;;;;;;/h3-6H2,1-2H3;4-5H2,1-3H3;5H,3-4H2,1-2H3;3-4H2,1-2H3;4H,1-3H3;3-4H2,1-2H3;3-4H2,1-2H3;3-4H,1-2H3;3H2,1-2H3;10*1H4/b;;;;;;;4-3-;;;;;;;;;;;. The van der Waals surface area contributed by atoms with Crippen LogP contribution in [0.3, 0.4) is 0 Å². The zero-order valence-electron chi connectivity index (χ0n) is 38.2. The molecule has 0 bridgehead atoms. The Labute approximate surface area is 398 Å². The lowest BCUT2D eigenvalue weighted by molar-refractivity contribution is -0.0877. The van der Waals surface area contributed by atoms with Gasteiger partial charge in [-0.3, -0.25) is 0 Å². The molecule has 0 fully saturated rings. The molecular formula is C48H134N2O12. The van der Waals surface area contributed by atoms with E-state index in [9.17, 15) is 0 Å². The number of nitrogens with zero attached hydrogens (tertiary/aromatic N) is 1. The highest BCUT2D eigenvalue weighted by atomic mass is 16.7. The molecule has 0 aliphatic rings.